The molecule has 0 aromatic heterocycles. The maximum absolute atomic E-state index is 12.4. The molecule has 2 N–H and O–H groups in total. The molecule has 1 heterocycles. The zero-order chi connectivity index (χ0) is 11.6. The van der Waals surface area contributed by atoms with E-state index in [1.165, 1.54) is 6.92 Å². The third-order valence-electron chi connectivity index (χ3n) is 1.63. The normalized spacial score (nSPS) is 17.0. The number of rotatable bonds is 1. The van der Waals surface area contributed by atoms with Gasteiger partial charge in [0.15, 0.2) is 0 Å². The Bertz CT molecular complexity index is 346. The predicted octanol–water partition coefficient (Wildman–Crippen LogP) is 1.78. The van der Waals surface area contributed by atoms with Gasteiger partial charge in [-0.05, 0) is 6.08 Å². The minimum absolute atomic E-state index is 0.000949. The summed E-state index contributed by atoms with van der Waals surface area (Å²) < 4.78 is 37.3. The first-order valence-electron chi connectivity index (χ1n) is 3.99. The summed E-state index contributed by atoms with van der Waals surface area (Å²) in [7, 11) is 0. The summed E-state index contributed by atoms with van der Waals surface area (Å²) in [6, 6.07) is 0. The van der Waals surface area contributed by atoms with Crippen LogP contribution in [0.5, 0.6) is 0 Å². The van der Waals surface area contributed by atoms with Crippen molar-refractivity contribution >= 4 is 21.8 Å². The zero-order valence-electron chi connectivity index (χ0n) is 7.70. The van der Waals surface area contributed by atoms with E-state index in [9.17, 15) is 18.0 Å². The van der Waals surface area contributed by atoms with Crippen molar-refractivity contribution in [1.82, 2.24) is 10.6 Å². The first kappa shape index (κ1) is 12.1. The van der Waals surface area contributed by atoms with Crippen LogP contribution in [0.25, 0.3) is 0 Å². The summed E-state index contributed by atoms with van der Waals surface area (Å²) in [5, 5.41) is 4.89. The molecule has 0 atom stereocenters. The Morgan fingerprint density at radius 3 is 2.67 bits per heavy atom. The van der Waals surface area contributed by atoms with Crippen LogP contribution in [0.3, 0.4) is 0 Å². The third-order valence-corrected chi connectivity index (χ3v) is 2.34. The van der Waals surface area contributed by atoms with E-state index < -0.39 is 17.7 Å². The topological polar surface area (TPSA) is 41.1 Å². The average molecular weight is 285 g/mol. The van der Waals surface area contributed by atoms with Gasteiger partial charge in [0.1, 0.15) is 5.82 Å². The highest BCUT2D eigenvalue weighted by Gasteiger charge is 2.36. The molecular weight excluding hydrogens is 277 g/mol. The molecule has 3 nitrogen and oxygen atoms in total. The molecule has 0 bridgehead atoms. The lowest BCUT2D eigenvalue weighted by Gasteiger charge is -2.20. The number of carbonyl (C=O) groups is 1. The Hall–Kier alpha value is -0.980. The number of carbonyl (C=O) groups excluding carboxylic acids is 1. The largest absolute Gasteiger partial charge is 0.417 e. The molecule has 15 heavy (non-hydrogen) atoms. The second-order valence-corrected chi connectivity index (χ2v) is 3.87. The van der Waals surface area contributed by atoms with Crippen molar-refractivity contribution in [2.75, 3.05) is 6.54 Å². The van der Waals surface area contributed by atoms with E-state index in [1.807, 2.05) is 0 Å². The fourth-order valence-corrected chi connectivity index (χ4v) is 1.53. The fraction of sp³-hybridized carbons (Fsp3) is 0.375. The summed E-state index contributed by atoms with van der Waals surface area (Å²) in [5.41, 5.74) is -0.787. The smallest absolute Gasteiger partial charge is 0.367 e. The molecule has 1 aliphatic rings. The number of alkyl halides is 3. The maximum Gasteiger partial charge on any atom is 0.417 e. The highest BCUT2D eigenvalue weighted by Crippen LogP contribution is 2.33. The Balaban J connectivity index is 2.94. The molecule has 7 heteroatoms. The average Bonchev–Trinajstić information content (AvgIpc) is 2.05. The highest BCUT2D eigenvalue weighted by molar-refractivity contribution is 9.11. The van der Waals surface area contributed by atoms with Crippen LogP contribution >= 0.6 is 15.9 Å². The van der Waals surface area contributed by atoms with E-state index in [-0.39, 0.29) is 16.8 Å². The molecule has 1 amide bonds. The molecule has 1 aliphatic heterocycles. The van der Waals surface area contributed by atoms with Crippen molar-refractivity contribution in [3.63, 3.8) is 0 Å². The lowest BCUT2D eigenvalue weighted by molar-refractivity contribution is -0.118. The summed E-state index contributed by atoms with van der Waals surface area (Å²) in [6.45, 7) is 1.23. The van der Waals surface area contributed by atoms with Crippen LogP contribution in [0.15, 0.2) is 22.0 Å². The number of nitrogens with one attached hydrogen (secondary N) is 2. The minimum atomic E-state index is -4.43. The van der Waals surface area contributed by atoms with Gasteiger partial charge in [0, 0.05) is 18.0 Å². The molecule has 0 fully saturated rings. The van der Waals surface area contributed by atoms with Gasteiger partial charge in [-0.1, -0.05) is 15.9 Å². The van der Waals surface area contributed by atoms with Gasteiger partial charge in [-0.25, -0.2) is 0 Å². The highest BCUT2D eigenvalue weighted by atomic mass is 79.9. The van der Waals surface area contributed by atoms with Crippen molar-refractivity contribution in [2.24, 2.45) is 0 Å². The molecule has 0 radical (unpaired) electrons. The number of allylic oxidation sites excluding steroid dienone is 2. The van der Waals surface area contributed by atoms with Gasteiger partial charge < -0.3 is 10.6 Å². The predicted molar refractivity (Wildman–Crippen MR) is 51.9 cm³/mol. The molecular formula is C8H8BrF3N2O. The summed E-state index contributed by atoms with van der Waals surface area (Å²) in [4.78, 5) is 10.6. The molecule has 0 unspecified atom stereocenters. The molecule has 0 aromatic rings. The Morgan fingerprint density at radius 1 is 1.60 bits per heavy atom. The fourth-order valence-electron chi connectivity index (χ4n) is 1.05. The van der Waals surface area contributed by atoms with Gasteiger partial charge in [0.25, 0.3) is 0 Å². The van der Waals surface area contributed by atoms with Crippen LogP contribution < -0.4 is 10.6 Å². The van der Waals surface area contributed by atoms with Gasteiger partial charge in [0.05, 0.1) is 5.57 Å². The molecule has 1 rings (SSSR count). The molecule has 0 saturated heterocycles. The van der Waals surface area contributed by atoms with Crippen molar-refractivity contribution in [1.29, 1.82) is 0 Å². The number of hydrogen-bond donors (Lipinski definition) is 2. The first-order chi connectivity index (χ1) is 6.80. The third kappa shape index (κ3) is 3.26. The minimum Gasteiger partial charge on any atom is -0.367 e. The summed E-state index contributed by atoms with van der Waals surface area (Å²) in [5.74, 6) is -0.369. The van der Waals surface area contributed by atoms with Crippen molar-refractivity contribution in [3.8, 4) is 0 Å². The molecule has 84 valence electrons. The van der Waals surface area contributed by atoms with E-state index in [2.05, 4.69) is 26.6 Å². The second-order valence-electron chi connectivity index (χ2n) is 2.91. The summed E-state index contributed by atoms with van der Waals surface area (Å²) >= 11 is 2.82. The van der Waals surface area contributed by atoms with E-state index in [0.29, 0.717) is 0 Å². The lowest BCUT2D eigenvalue weighted by Crippen LogP contribution is -2.34. The van der Waals surface area contributed by atoms with Crippen LogP contribution in [0.2, 0.25) is 0 Å². The lowest BCUT2D eigenvalue weighted by atomic mass is 10.2. The number of amides is 1. The van der Waals surface area contributed by atoms with Crippen LogP contribution in [-0.4, -0.2) is 18.6 Å². The van der Waals surface area contributed by atoms with Crippen molar-refractivity contribution in [2.45, 2.75) is 13.1 Å². The van der Waals surface area contributed by atoms with Crippen molar-refractivity contribution in [3.05, 3.63) is 22.0 Å². The molecule has 0 aromatic carbocycles. The SMILES string of the molecule is CC(=O)NC1=CC(C(F)(F)F)=C(Br)CN1. The number of hydrogen-bond acceptors (Lipinski definition) is 2. The second kappa shape index (κ2) is 4.26. The quantitative estimate of drug-likeness (QED) is 0.771. The zero-order valence-corrected chi connectivity index (χ0v) is 9.29. The van der Waals surface area contributed by atoms with Crippen LogP contribution in [0.4, 0.5) is 13.2 Å². The van der Waals surface area contributed by atoms with Gasteiger partial charge >= 0.3 is 6.18 Å². The monoisotopic (exact) mass is 284 g/mol. The van der Waals surface area contributed by atoms with Crippen molar-refractivity contribution < 1.29 is 18.0 Å². The van der Waals surface area contributed by atoms with E-state index in [4.69, 9.17) is 0 Å². The number of dihydropyridines is 1. The molecule has 0 spiro atoms. The van der Waals surface area contributed by atoms with Crippen LogP contribution in [-0.2, 0) is 4.79 Å². The Morgan fingerprint density at radius 2 is 2.20 bits per heavy atom. The first-order valence-corrected chi connectivity index (χ1v) is 4.79. The Labute approximate surface area is 92.5 Å². The Kier molecular flexibility index (Phi) is 3.43. The molecule has 0 saturated carbocycles. The summed E-state index contributed by atoms with van der Waals surface area (Å²) in [6.07, 6.45) is -3.57. The number of halogens is 4. The van der Waals surface area contributed by atoms with Crippen LogP contribution in [0.1, 0.15) is 6.92 Å². The standard InChI is InChI=1S/C8H8BrF3N2O/c1-4(15)14-7-2-5(8(10,11)12)6(9)3-13-7/h2,13H,3H2,1H3,(H,14,15). The van der Waals surface area contributed by atoms with Gasteiger partial charge in [0.2, 0.25) is 5.91 Å². The maximum atomic E-state index is 12.4. The van der Waals surface area contributed by atoms with E-state index in [0.717, 1.165) is 6.08 Å². The van der Waals surface area contributed by atoms with E-state index in [1.54, 1.807) is 0 Å². The van der Waals surface area contributed by atoms with Gasteiger partial charge in [-0.2, -0.15) is 13.2 Å². The van der Waals surface area contributed by atoms with Crippen LogP contribution in [0, 0.1) is 0 Å². The van der Waals surface area contributed by atoms with E-state index >= 15 is 0 Å². The van der Waals surface area contributed by atoms with Gasteiger partial charge in [-0.15, -0.1) is 0 Å². The van der Waals surface area contributed by atoms with Gasteiger partial charge in [-0.3, -0.25) is 4.79 Å². The molecule has 0 aliphatic carbocycles.